The van der Waals surface area contributed by atoms with Gasteiger partial charge in [0, 0.05) is 6.04 Å². The van der Waals surface area contributed by atoms with Crippen molar-refractivity contribution in [1.82, 2.24) is 0 Å². The summed E-state index contributed by atoms with van der Waals surface area (Å²) >= 11 is 0. The molecule has 0 heterocycles. The van der Waals surface area contributed by atoms with Crippen LogP contribution in [0.25, 0.3) is 0 Å². The molecule has 0 saturated heterocycles. The van der Waals surface area contributed by atoms with Crippen molar-refractivity contribution in [1.29, 1.82) is 0 Å². The Bertz CT molecular complexity index is 333. The summed E-state index contributed by atoms with van der Waals surface area (Å²) in [5, 5.41) is 9.64. The first-order valence-corrected chi connectivity index (χ1v) is 4.77. The van der Waals surface area contributed by atoms with Crippen LogP contribution < -0.4 is 5.73 Å². The predicted molar refractivity (Wildman–Crippen MR) is 52.7 cm³/mol. The number of rotatable bonds is 0. The number of aromatic hydroxyl groups is 1. The van der Waals surface area contributed by atoms with Crippen LogP contribution in [-0.4, -0.2) is 5.11 Å². The third-order valence-electron chi connectivity index (χ3n) is 2.86. The third-order valence-corrected chi connectivity index (χ3v) is 2.86. The molecule has 1 unspecified atom stereocenters. The van der Waals surface area contributed by atoms with E-state index in [9.17, 15) is 5.11 Å². The van der Waals surface area contributed by atoms with Crippen LogP contribution >= 0.6 is 0 Å². The van der Waals surface area contributed by atoms with Crippen LogP contribution in [0.5, 0.6) is 5.75 Å². The minimum absolute atomic E-state index is 0.121. The molecule has 13 heavy (non-hydrogen) atoms. The van der Waals surface area contributed by atoms with Gasteiger partial charge in [-0.2, -0.15) is 0 Å². The fourth-order valence-corrected chi connectivity index (χ4v) is 2.19. The Morgan fingerprint density at radius 3 is 2.92 bits per heavy atom. The number of nitrogens with two attached hydrogens (primary N) is 1. The van der Waals surface area contributed by atoms with Gasteiger partial charge in [-0.1, -0.05) is 6.07 Å². The molecular formula is C11H15NO. The fourth-order valence-electron chi connectivity index (χ4n) is 2.19. The Morgan fingerprint density at radius 2 is 2.23 bits per heavy atom. The molecule has 0 saturated carbocycles. The Labute approximate surface area is 78.4 Å². The molecule has 0 radical (unpaired) electrons. The summed E-state index contributed by atoms with van der Waals surface area (Å²) in [5.74, 6) is 0.413. The van der Waals surface area contributed by atoms with E-state index >= 15 is 0 Å². The van der Waals surface area contributed by atoms with Gasteiger partial charge < -0.3 is 10.8 Å². The second kappa shape index (κ2) is 3.04. The molecule has 3 N–H and O–H groups in total. The first-order chi connectivity index (χ1) is 6.20. The molecule has 0 fully saturated rings. The zero-order chi connectivity index (χ0) is 9.42. The molecule has 1 aromatic carbocycles. The predicted octanol–water partition coefficient (Wildman–Crippen LogP) is 2.04. The summed E-state index contributed by atoms with van der Waals surface area (Å²) in [5.41, 5.74) is 9.45. The second-order valence-corrected chi connectivity index (χ2v) is 3.79. The summed E-state index contributed by atoms with van der Waals surface area (Å²) in [6.07, 6.45) is 3.10. The number of phenolic OH excluding ortho intramolecular Hbond substituents is 1. The van der Waals surface area contributed by atoms with Gasteiger partial charge in [-0.05, 0) is 48.9 Å². The normalized spacial score (nSPS) is 21.2. The SMILES string of the molecule is Cc1ccc(O)c2c1C(N)CCC2. The van der Waals surface area contributed by atoms with Crippen molar-refractivity contribution < 1.29 is 5.11 Å². The summed E-state index contributed by atoms with van der Waals surface area (Å²) in [7, 11) is 0. The van der Waals surface area contributed by atoms with Crippen LogP contribution in [0.2, 0.25) is 0 Å². The molecule has 0 amide bonds. The molecule has 0 spiro atoms. The lowest BCUT2D eigenvalue weighted by molar-refractivity contribution is 0.454. The summed E-state index contributed by atoms with van der Waals surface area (Å²) in [4.78, 5) is 0. The van der Waals surface area contributed by atoms with Crippen LogP contribution in [0, 0.1) is 6.92 Å². The van der Waals surface area contributed by atoms with E-state index in [1.54, 1.807) is 6.07 Å². The topological polar surface area (TPSA) is 46.2 Å². The van der Waals surface area contributed by atoms with Gasteiger partial charge in [0.05, 0.1) is 0 Å². The van der Waals surface area contributed by atoms with Crippen molar-refractivity contribution in [3.8, 4) is 5.75 Å². The molecule has 0 bridgehead atoms. The fraction of sp³-hybridized carbons (Fsp3) is 0.455. The van der Waals surface area contributed by atoms with E-state index in [0.717, 1.165) is 24.8 Å². The van der Waals surface area contributed by atoms with Crippen molar-refractivity contribution in [3.05, 3.63) is 28.8 Å². The maximum atomic E-state index is 9.64. The lowest BCUT2D eigenvalue weighted by Crippen LogP contribution is -2.18. The van der Waals surface area contributed by atoms with Gasteiger partial charge >= 0.3 is 0 Å². The Morgan fingerprint density at radius 1 is 1.46 bits per heavy atom. The highest BCUT2D eigenvalue weighted by Crippen LogP contribution is 2.35. The number of hydrogen-bond acceptors (Lipinski definition) is 2. The minimum atomic E-state index is 0.121. The number of phenols is 1. The van der Waals surface area contributed by atoms with Crippen LogP contribution in [0.15, 0.2) is 12.1 Å². The van der Waals surface area contributed by atoms with E-state index in [0.29, 0.717) is 5.75 Å². The molecule has 2 rings (SSSR count). The van der Waals surface area contributed by atoms with Crippen LogP contribution in [0.3, 0.4) is 0 Å². The highest BCUT2D eigenvalue weighted by Gasteiger charge is 2.20. The van der Waals surface area contributed by atoms with Gasteiger partial charge in [0.25, 0.3) is 0 Å². The molecule has 0 aromatic heterocycles. The van der Waals surface area contributed by atoms with E-state index in [4.69, 9.17) is 5.73 Å². The van der Waals surface area contributed by atoms with Crippen LogP contribution in [0.4, 0.5) is 0 Å². The number of fused-ring (bicyclic) bond motifs is 1. The highest BCUT2D eigenvalue weighted by molar-refractivity contribution is 5.46. The Balaban J connectivity index is 2.60. The standard InChI is InChI=1S/C11H15NO/c1-7-5-6-10(13)8-3-2-4-9(12)11(7)8/h5-6,9,13H,2-4,12H2,1H3. The Kier molecular flexibility index (Phi) is 2.00. The first-order valence-electron chi connectivity index (χ1n) is 4.77. The first kappa shape index (κ1) is 8.57. The smallest absolute Gasteiger partial charge is 0.119 e. The second-order valence-electron chi connectivity index (χ2n) is 3.79. The largest absolute Gasteiger partial charge is 0.508 e. The van der Waals surface area contributed by atoms with E-state index in [2.05, 4.69) is 6.92 Å². The average Bonchev–Trinajstić information content (AvgIpc) is 2.12. The molecule has 2 nitrogen and oxygen atoms in total. The molecule has 70 valence electrons. The molecule has 2 heteroatoms. The van der Waals surface area contributed by atoms with E-state index in [1.807, 2.05) is 6.07 Å². The van der Waals surface area contributed by atoms with E-state index in [-0.39, 0.29) is 6.04 Å². The van der Waals surface area contributed by atoms with Gasteiger partial charge in [-0.25, -0.2) is 0 Å². The third kappa shape index (κ3) is 1.31. The minimum Gasteiger partial charge on any atom is -0.508 e. The molecule has 1 aliphatic rings. The number of benzene rings is 1. The van der Waals surface area contributed by atoms with Gasteiger partial charge in [-0.3, -0.25) is 0 Å². The lowest BCUT2D eigenvalue weighted by atomic mass is 9.85. The zero-order valence-electron chi connectivity index (χ0n) is 7.88. The molecule has 1 aliphatic carbocycles. The van der Waals surface area contributed by atoms with Gasteiger partial charge in [-0.15, -0.1) is 0 Å². The van der Waals surface area contributed by atoms with Crippen molar-refractivity contribution in [2.45, 2.75) is 32.2 Å². The van der Waals surface area contributed by atoms with Gasteiger partial charge in [0.2, 0.25) is 0 Å². The van der Waals surface area contributed by atoms with Crippen molar-refractivity contribution in [2.75, 3.05) is 0 Å². The maximum Gasteiger partial charge on any atom is 0.119 e. The molecular weight excluding hydrogens is 162 g/mol. The highest BCUT2D eigenvalue weighted by atomic mass is 16.3. The summed E-state index contributed by atoms with van der Waals surface area (Å²) < 4.78 is 0. The van der Waals surface area contributed by atoms with Crippen molar-refractivity contribution in [3.63, 3.8) is 0 Å². The average molecular weight is 177 g/mol. The van der Waals surface area contributed by atoms with Crippen molar-refractivity contribution in [2.24, 2.45) is 5.73 Å². The molecule has 0 aliphatic heterocycles. The van der Waals surface area contributed by atoms with Gasteiger partial charge in [0.15, 0.2) is 0 Å². The Hall–Kier alpha value is -1.02. The monoisotopic (exact) mass is 177 g/mol. The van der Waals surface area contributed by atoms with Crippen LogP contribution in [-0.2, 0) is 6.42 Å². The van der Waals surface area contributed by atoms with Crippen LogP contribution in [0.1, 0.15) is 35.6 Å². The zero-order valence-corrected chi connectivity index (χ0v) is 7.88. The molecule has 1 aromatic rings. The van der Waals surface area contributed by atoms with Crippen molar-refractivity contribution >= 4 is 0 Å². The van der Waals surface area contributed by atoms with E-state index in [1.165, 1.54) is 11.1 Å². The van der Waals surface area contributed by atoms with Gasteiger partial charge in [0.1, 0.15) is 5.75 Å². The molecule has 1 atom stereocenters. The summed E-state index contributed by atoms with van der Waals surface area (Å²) in [6.45, 7) is 2.06. The number of hydrogen-bond donors (Lipinski definition) is 2. The quantitative estimate of drug-likeness (QED) is 0.637. The summed E-state index contributed by atoms with van der Waals surface area (Å²) in [6, 6.07) is 3.83. The maximum absolute atomic E-state index is 9.64. The lowest BCUT2D eigenvalue weighted by Gasteiger charge is -2.24. The van der Waals surface area contributed by atoms with E-state index < -0.39 is 0 Å². The number of aryl methyl sites for hydroxylation is 1.